The molecule has 0 aromatic carbocycles. The van der Waals surface area contributed by atoms with Crippen molar-refractivity contribution in [2.45, 2.75) is 29.9 Å². The summed E-state index contributed by atoms with van der Waals surface area (Å²) in [6, 6.07) is 2.93. The average Bonchev–Trinajstić information content (AvgIpc) is 3.15. The molecule has 0 aliphatic heterocycles. The van der Waals surface area contributed by atoms with Gasteiger partial charge < -0.3 is 4.74 Å². The number of ether oxygens (including phenoxy) is 1. The molecule has 1 saturated carbocycles. The van der Waals surface area contributed by atoms with E-state index in [4.69, 9.17) is 0 Å². The Morgan fingerprint density at radius 2 is 2.00 bits per heavy atom. The molecule has 1 fully saturated rings. The second kappa shape index (κ2) is 5.95. The van der Waals surface area contributed by atoms with Gasteiger partial charge in [0.1, 0.15) is 16.6 Å². The molecule has 0 amide bonds. The molecule has 3 rings (SSSR count). The SMILES string of the molecule is CSc1cc(-c2cncc(OC(F)F)c2)nc(C2CC2(F)F)n1. The molecule has 1 aliphatic rings. The largest absolute Gasteiger partial charge is 0.433 e. The number of alkyl halides is 4. The van der Waals surface area contributed by atoms with Gasteiger partial charge in [-0.1, -0.05) is 0 Å². The Balaban J connectivity index is 1.97. The molecule has 0 N–H and O–H groups in total. The molecule has 2 heterocycles. The van der Waals surface area contributed by atoms with Crippen molar-refractivity contribution in [1.29, 1.82) is 0 Å². The zero-order valence-corrected chi connectivity index (χ0v) is 12.7. The first kappa shape index (κ1) is 16.0. The number of nitrogens with zero attached hydrogens (tertiary/aromatic N) is 3. The Bertz CT molecular complexity index is 729. The smallest absolute Gasteiger partial charge is 0.387 e. The van der Waals surface area contributed by atoms with Crippen LogP contribution in [0.2, 0.25) is 0 Å². The summed E-state index contributed by atoms with van der Waals surface area (Å²) in [7, 11) is 0. The van der Waals surface area contributed by atoms with Gasteiger partial charge in [-0.3, -0.25) is 4.98 Å². The first-order chi connectivity index (χ1) is 10.9. The molecule has 0 radical (unpaired) electrons. The van der Waals surface area contributed by atoms with Crippen molar-refractivity contribution in [2.24, 2.45) is 0 Å². The molecule has 4 nitrogen and oxygen atoms in total. The summed E-state index contributed by atoms with van der Waals surface area (Å²) in [5.74, 6) is -3.85. The number of hydrogen-bond acceptors (Lipinski definition) is 5. The van der Waals surface area contributed by atoms with Crippen LogP contribution in [0.25, 0.3) is 11.3 Å². The molecule has 0 bridgehead atoms. The highest BCUT2D eigenvalue weighted by Crippen LogP contribution is 2.55. The minimum atomic E-state index is -2.97. The fraction of sp³-hybridized carbons (Fsp3) is 0.357. The van der Waals surface area contributed by atoms with E-state index in [9.17, 15) is 17.6 Å². The van der Waals surface area contributed by atoms with Crippen molar-refractivity contribution in [2.75, 3.05) is 6.26 Å². The second-order valence-electron chi connectivity index (χ2n) is 4.96. The van der Waals surface area contributed by atoms with Gasteiger partial charge in [-0.15, -0.1) is 11.8 Å². The number of hydrogen-bond donors (Lipinski definition) is 0. The fourth-order valence-corrected chi connectivity index (χ4v) is 2.49. The molecular formula is C14H11F4N3OS. The normalized spacial score (nSPS) is 19.0. The van der Waals surface area contributed by atoms with Gasteiger partial charge >= 0.3 is 6.61 Å². The maximum Gasteiger partial charge on any atom is 0.387 e. The van der Waals surface area contributed by atoms with Crippen molar-refractivity contribution in [3.05, 3.63) is 30.4 Å². The first-order valence-electron chi connectivity index (χ1n) is 6.60. The standard InChI is InChI=1S/C14H11F4N3OS/c1-23-11-3-10(20-12(21-11)9-4-14(9,17)18)7-2-8(6-19-5-7)22-13(15)16/h2-3,5-6,9,13H,4H2,1H3. The Hall–Kier alpha value is -1.90. The molecule has 122 valence electrons. The number of halogens is 4. The maximum atomic E-state index is 13.3. The van der Waals surface area contributed by atoms with Gasteiger partial charge in [-0.25, -0.2) is 18.7 Å². The monoisotopic (exact) mass is 345 g/mol. The van der Waals surface area contributed by atoms with Gasteiger partial charge in [0.05, 0.1) is 17.8 Å². The third-order valence-electron chi connectivity index (χ3n) is 3.30. The predicted molar refractivity (Wildman–Crippen MR) is 76.0 cm³/mol. The van der Waals surface area contributed by atoms with Crippen LogP contribution in [-0.2, 0) is 0 Å². The van der Waals surface area contributed by atoms with Crippen LogP contribution in [0.5, 0.6) is 5.75 Å². The van der Waals surface area contributed by atoms with E-state index in [1.54, 1.807) is 12.3 Å². The third kappa shape index (κ3) is 3.54. The van der Waals surface area contributed by atoms with Gasteiger partial charge in [0, 0.05) is 18.2 Å². The van der Waals surface area contributed by atoms with Crippen LogP contribution >= 0.6 is 11.8 Å². The minimum absolute atomic E-state index is 0.0528. The second-order valence-corrected chi connectivity index (χ2v) is 5.79. The molecule has 1 unspecified atom stereocenters. The lowest BCUT2D eigenvalue weighted by Gasteiger charge is -2.08. The topological polar surface area (TPSA) is 47.9 Å². The molecule has 0 spiro atoms. The van der Waals surface area contributed by atoms with Gasteiger partial charge in [0.25, 0.3) is 5.92 Å². The molecule has 0 saturated heterocycles. The van der Waals surface area contributed by atoms with Crippen LogP contribution in [0.1, 0.15) is 18.2 Å². The van der Waals surface area contributed by atoms with Crippen LogP contribution < -0.4 is 4.74 Å². The van der Waals surface area contributed by atoms with E-state index in [2.05, 4.69) is 19.7 Å². The molecule has 1 aliphatic carbocycles. The Morgan fingerprint density at radius 3 is 2.61 bits per heavy atom. The van der Waals surface area contributed by atoms with Crippen molar-refractivity contribution < 1.29 is 22.3 Å². The zero-order valence-electron chi connectivity index (χ0n) is 11.8. The summed E-state index contributed by atoms with van der Waals surface area (Å²) < 4.78 is 55.4. The minimum Gasteiger partial charge on any atom is -0.433 e. The zero-order chi connectivity index (χ0) is 16.6. The van der Waals surface area contributed by atoms with Gasteiger partial charge in [0.2, 0.25) is 0 Å². The van der Waals surface area contributed by atoms with Crippen molar-refractivity contribution in [3.8, 4) is 17.0 Å². The molecule has 2 aromatic rings. The highest BCUT2D eigenvalue weighted by molar-refractivity contribution is 7.98. The Labute approximate surface area is 133 Å². The number of thioether (sulfide) groups is 1. The van der Waals surface area contributed by atoms with Crippen LogP contribution in [-0.4, -0.2) is 33.7 Å². The lowest BCUT2D eigenvalue weighted by molar-refractivity contribution is -0.0500. The van der Waals surface area contributed by atoms with E-state index in [0.717, 1.165) is 6.20 Å². The average molecular weight is 345 g/mol. The van der Waals surface area contributed by atoms with E-state index in [1.165, 1.54) is 24.0 Å². The molecule has 1 atom stereocenters. The fourth-order valence-electron chi connectivity index (χ4n) is 2.07. The summed E-state index contributed by atoms with van der Waals surface area (Å²) in [6.45, 7) is -2.97. The number of pyridine rings is 1. The molecular weight excluding hydrogens is 334 g/mol. The van der Waals surface area contributed by atoms with E-state index in [0.29, 0.717) is 16.3 Å². The van der Waals surface area contributed by atoms with Gasteiger partial charge in [-0.05, 0) is 18.4 Å². The molecule has 2 aromatic heterocycles. The van der Waals surface area contributed by atoms with E-state index in [-0.39, 0.29) is 18.0 Å². The summed E-state index contributed by atoms with van der Waals surface area (Å²) in [5.41, 5.74) is 0.736. The van der Waals surface area contributed by atoms with Crippen LogP contribution in [0.15, 0.2) is 29.6 Å². The molecule has 9 heteroatoms. The van der Waals surface area contributed by atoms with Crippen LogP contribution in [0, 0.1) is 0 Å². The van der Waals surface area contributed by atoms with Crippen LogP contribution in [0.3, 0.4) is 0 Å². The van der Waals surface area contributed by atoms with Gasteiger partial charge in [-0.2, -0.15) is 8.78 Å². The highest BCUT2D eigenvalue weighted by atomic mass is 32.2. The summed E-state index contributed by atoms with van der Waals surface area (Å²) in [5, 5.41) is 0.521. The third-order valence-corrected chi connectivity index (χ3v) is 3.93. The lowest BCUT2D eigenvalue weighted by atomic mass is 10.2. The lowest BCUT2D eigenvalue weighted by Crippen LogP contribution is -2.03. The maximum absolute atomic E-state index is 13.3. The first-order valence-corrected chi connectivity index (χ1v) is 7.82. The van der Waals surface area contributed by atoms with Gasteiger partial charge in [0.15, 0.2) is 0 Å². The van der Waals surface area contributed by atoms with Crippen molar-refractivity contribution >= 4 is 11.8 Å². The quantitative estimate of drug-likeness (QED) is 0.466. The summed E-state index contributed by atoms with van der Waals surface area (Å²) >= 11 is 1.28. The Kier molecular flexibility index (Phi) is 4.13. The molecule has 23 heavy (non-hydrogen) atoms. The number of aromatic nitrogens is 3. The predicted octanol–water partition coefficient (Wildman–Crippen LogP) is 3.98. The van der Waals surface area contributed by atoms with E-state index in [1.807, 2.05) is 0 Å². The van der Waals surface area contributed by atoms with Crippen molar-refractivity contribution in [3.63, 3.8) is 0 Å². The van der Waals surface area contributed by atoms with Crippen molar-refractivity contribution in [1.82, 2.24) is 15.0 Å². The summed E-state index contributed by atoms with van der Waals surface area (Å²) in [4.78, 5) is 12.1. The van der Waals surface area contributed by atoms with E-state index < -0.39 is 18.5 Å². The van der Waals surface area contributed by atoms with Crippen LogP contribution in [0.4, 0.5) is 17.6 Å². The van der Waals surface area contributed by atoms with E-state index >= 15 is 0 Å². The Morgan fingerprint density at radius 1 is 1.26 bits per heavy atom. The number of rotatable bonds is 5. The summed E-state index contributed by atoms with van der Waals surface area (Å²) in [6.07, 6.45) is 4.02. The highest BCUT2D eigenvalue weighted by Gasteiger charge is 2.59.